The Balaban J connectivity index is 2.12. The van der Waals surface area contributed by atoms with Crippen LogP contribution in [0.4, 0.5) is 13.2 Å². The number of hydrogen-bond donors (Lipinski definition) is 1. The molecule has 128 valence electrons. The van der Waals surface area contributed by atoms with Crippen LogP contribution in [-0.4, -0.2) is 47.7 Å². The number of ether oxygens (including phenoxy) is 1. The maximum Gasteiger partial charge on any atom is 0.422 e. The molecule has 8 heteroatoms. The molecule has 0 unspecified atom stereocenters. The molecule has 0 spiro atoms. The number of rotatable bonds is 4. The van der Waals surface area contributed by atoms with E-state index in [2.05, 4.69) is 4.98 Å². The Labute approximate surface area is 132 Å². The van der Waals surface area contributed by atoms with Gasteiger partial charge >= 0.3 is 6.18 Å². The highest BCUT2D eigenvalue weighted by molar-refractivity contribution is 5.95. The lowest BCUT2D eigenvalue weighted by Crippen LogP contribution is -2.45. The molecule has 1 aliphatic rings. The van der Waals surface area contributed by atoms with Gasteiger partial charge in [0.2, 0.25) is 0 Å². The number of hydrogen-bond acceptors (Lipinski definition) is 4. The molecular weight excluding hydrogens is 311 g/mol. The van der Waals surface area contributed by atoms with Crippen LogP contribution in [0, 0.1) is 5.92 Å². The second-order valence-corrected chi connectivity index (χ2v) is 5.77. The molecule has 0 radical (unpaired) electrons. The molecule has 2 heterocycles. The Kier molecular flexibility index (Phi) is 5.46. The van der Waals surface area contributed by atoms with Crippen molar-refractivity contribution in [3.63, 3.8) is 0 Å². The lowest BCUT2D eigenvalue weighted by atomic mass is 9.92. The highest BCUT2D eigenvalue weighted by Gasteiger charge is 2.31. The van der Waals surface area contributed by atoms with Gasteiger partial charge in [-0.1, -0.05) is 0 Å². The molecule has 23 heavy (non-hydrogen) atoms. The zero-order chi connectivity index (χ0) is 17.0. The summed E-state index contributed by atoms with van der Waals surface area (Å²) >= 11 is 0. The first-order chi connectivity index (χ1) is 10.8. The largest absolute Gasteiger partial charge is 0.482 e. The van der Waals surface area contributed by atoms with Crippen molar-refractivity contribution in [3.8, 4) is 5.75 Å². The van der Waals surface area contributed by atoms with Crippen molar-refractivity contribution in [1.29, 1.82) is 0 Å². The molecule has 1 fully saturated rings. The number of halogens is 3. The number of carbonyl (C=O) groups excluding carboxylic acids is 1. The van der Waals surface area contributed by atoms with Crippen molar-refractivity contribution >= 4 is 5.91 Å². The van der Waals surface area contributed by atoms with Crippen molar-refractivity contribution in [2.45, 2.75) is 32.0 Å². The molecule has 1 aromatic rings. The summed E-state index contributed by atoms with van der Waals surface area (Å²) < 4.78 is 41.7. The van der Waals surface area contributed by atoms with E-state index in [4.69, 9.17) is 10.5 Å². The monoisotopic (exact) mass is 331 g/mol. The van der Waals surface area contributed by atoms with Crippen molar-refractivity contribution in [3.05, 3.63) is 24.0 Å². The van der Waals surface area contributed by atoms with E-state index in [1.165, 1.54) is 18.3 Å². The molecule has 0 saturated carbocycles. The molecule has 2 atom stereocenters. The van der Waals surface area contributed by atoms with E-state index in [9.17, 15) is 18.0 Å². The highest BCUT2D eigenvalue weighted by Crippen LogP contribution is 2.25. The Bertz CT molecular complexity index is 549. The fourth-order valence-electron chi connectivity index (χ4n) is 2.60. The van der Waals surface area contributed by atoms with Crippen molar-refractivity contribution in [1.82, 2.24) is 9.88 Å². The fourth-order valence-corrected chi connectivity index (χ4v) is 2.60. The van der Waals surface area contributed by atoms with Crippen LogP contribution in [0.2, 0.25) is 0 Å². The van der Waals surface area contributed by atoms with Crippen molar-refractivity contribution in [2.75, 3.05) is 19.7 Å². The molecule has 1 amide bonds. The van der Waals surface area contributed by atoms with E-state index in [-0.39, 0.29) is 23.4 Å². The number of likely N-dealkylation sites (tertiary alicyclic amines) is 1. The van der Waals surface area contributed by atoms with Crippen LogP contribution in [0.5, 0.6) is 5.75 Å². The second kappa shape index (κ2) is 7.16. The second-order valence-electron chi connectivity index (χ2n) is 5.77. The van der Waals surface area contributed by atoms with Gasteiger partial charge < -0.3 is 15.4 Å². The van der Waals surface area contributed by atoms with Gasteiger partial charge in [-0.15, -0.1) is 0 Å². The molecule has 1 saturated heterocycles. The fraction of sp³-hybridized carbons (Fsp3) is 0.600. The van der Waals surface area contributed by atoms with Crippen LogP contribution in [0.15, 0.2) is 18.3 Å². The zero-order valence-electron chi connectivity index (χ0n) is 12.8. The molecule has 0 bridgehead atoms. The predicted octanol–water partition coefficient (Wildman–Crippen LogP) is 2.22. The number of piperidine rings is 1. The SMILES string of the molecule is C[C@@H](N)[C@H]1CCCN(C(=O)c2ncccc2OCC(F)(F)F)C1. The van der Waals surface area contributed by atoms with Crippen molar-refractivity contribution in [2.24, 2.45) is 11.7 Å². The summed E-state index contributed by atoms with van der Waals surface area (Å²) in [7, 11) is 0. The third-order valence-corrected chi connectivity index (χ3v) is 3.85. The summed E-state index contributed by atoms with van der Waals surface area (Å²) in [5, 5.41) is 0. The standard InChI is InChI=1S/C15H20F3N3O2/c1-10(19)11-4-3-7-21(8-11)14(22)13-12(5-2-6-20-13)23-9-15(16,17)18/h2,5-6,10-11H,3-4,7-9,19H2,1H3/t10-,11+/m1/s1. The summed E-state index contributed by atoms with van der Waals surface area (Å²) in [4.78, 5) is 18.1. The Hall–Kier alpha value is -1.83. The number of carbonyl (C=O) groups is 1. The molecule has 0 aromatic carbocycles. The van der Waals surface area contributed by atoms with Crippen LogP contribution in [0.25, 0.3) is 0 Å². The lowest BCUT2D eigenvalue weighted by Gasteiger charge is -2.34. The first kappa shape index (κ1) is 17.5. The number of alkyl halides is 3. The summed E-state index contributed by atoms with van der Waals surface area (Å²) in [5.74, 6) is -0.401. The molecule has 1 aromatic heterocycles. The van der Waals surface area contributed by atoms with Crippen LogP contribution >= 0.6 is 0 Å². The van der Waals surface area contributed by atoms with Gasteiger partial charge in [-0.2, -0.15) is 13.2 Å². The van der Waals surface area contributed by atoms with Gasteiger partial charge in [-0.05, 0) is 37.8 Å². The molecular formula is C15H20F3N3O2. The summed E-state index contributed by atoms with van der Waals surface area (Å²) in [6.45, 7) is 1.45. The summed E-state index contributed by atoms with van der Waals surface area (Å²) in [5.41, 5.74) is 5.80. The minimum Gasteiger partial charge on any atom is -0.482 e. The van der Waals surface area contributed by atoms with Gasteiger partial charge in [-0.25, -0.2) is 4.98 Å². The van der Waals surface area contributed by atoms with Crippen molar-refractivity contribution < 1.29 is 22.7 Å². The number of nitrogens with zero attached hydrogens (tertiary/aromatic N) is 2. The van der Waals surface area contributed by atoms with Gasteiger partial charge in [0.25, 0.3) is 5.91 Å². The number of nitrogens with two attached hydrogens (primary N) is 1. The van der Waals surface area contributed by atoms with Crippen LogP contribution < -0.4 is 10.5 Å². The average molecular weight is 331 g/mol. The predicted molar refractivity (Wildman–Crippen MR) is 78.1 cm³/mol. The van der Waals surface area contributed by atoms with Crippen LogP contribution in [0.1, 0.15) is 30.3 Å². The normalized spacial score (nSPS) is 20.2. The number of aromatic nitrogens is 1. The Morgan fingerprint density at radius 2 is 2.30 bits per heavy atom. The van der Waals surface area contributed by atoms with Gasteiger partial charge in [0, 0.05) is 25.3 Å². The van der Waals surface area contributed by atoms with Gasteiger partial charge in [0.15, 0.2) is 18.1 Å². The Morgan fingerprint density at radius 3 is 2.96 bits per heavy atom. The summed E-state index contributed by atoms with van der Waals surface area (Å²) in [6.07, 6.45) is -1.37. The first-order valence-electron chi connectivity index (χ1n) is 7.47. The topological polar surface area (TPSA) is 68.5 Å². The average Bonchev–Trinajstić information content (AvgIpc) is 2.52. The van der Waals surface area contributed by atoms with E-state index in [1.807, 2.05) is 6.92 Å². The first-order valence-corrected chi connectivity index (χ1v) is 7.47. The zero-order valence-corrected chi connectivity index (χ0v) is 12.8. The van der Waals surface area contributed by atoms with Gasteiger partial charge in [-0.3, -0.25) is 4.79 Å². The molecule has 2 rings (SSSR count). The van der Waals surface area contributed by atoms with Crippen LogP contribution in [-0.2, 0) is 0 Å². The quantitative estimate of drug-likeness (QED) is 0.918. The third kappa shape index (κ3) is 4.82. The number of pyridine rings is 1. The van der Waals surface area contributed by atoms with E-state index in [0.717, 1.165) is 12.8 Å². The Morgan fingerprint density at radius 1 is 1.57 bits per heavy atom. The smallest absolute Gasteiger partial charge is 0.422 e. The van der Waals surface area contributed by atoms with Crippen LogP contribution in [0.3, 0.4) is 0 Å². The number of amides is 1. The van der Waals surface area contributed by atoms with E-state index in [0.29, 0.717) is 13.1 Å². The molecule has 5 nitrogen and oxygen atoms in total. The maximum atomic E-state index is 12.6. The lowest BCUT2D eigenvalue weighted by molar-refractivity contribution is -0.153. The summed E-state index contributed by atoms with van der Waals surface area (Å²) in [6, 6.07) is 2.71. The van der Waals surface area contributed by atoms with E-state index in [1.54, 1.807) is 4.90 Å². The minimum absolute atomic E-state index is 0.0460. The highest BCUT2D eigenvalue weighted by atomic mass is 19.4. The molecule has 1 aliphatic heterocycles. The third-order valence-electron chi connectivity index (χ3n) is 3.85. The van der Waals surface area contributed by atoms with Gasteiger partial charge in [0.1, 0.15) is 0 Å². The molecule has 0 aliphatic carbocycles. The van der Waals surface area contributed by atoms with Gasteiger partial charge in [0.05, 0.1) is 0 Å². The van der Waals surface area contributed by atoms with E-state index < -0.39 is 18.7 Å². The molecule has 2 N–H and O–H groups in total. The van der Waals surface area contributed by atoms with E-state index >= 15 is 0 Å². The minimum atomic E-state index is -4.47. The maximum absolute atomic E-state index is 12.6.